The van der Waals surface area contributed by atoms with Gasteiger partial charge in [-0.25, -0.2) is 0 Å². The Morgan fingerprint density at radius 1 is 0.259 bits per heavy atom. The van der Waals surface area contributed by atoms with Crippen molar-refractivity contribution >= 4 is 21.5 Å². The van der Waals surface area contributed by atoms with Crippen LogP contribution in [-0.4, -0.2) is 0 Å². The second kappa shape index (κ2) is 13.6. The van der Waals surface area contributed by atoms with E-state index in [1.807, 2.05) is 0 Å². The molecule has 0 atom stereocenters. The molecule has 54 heavy (non-hydrogen) atoms. The van der Waals surface area contributed by atoms with E-state index < -0.39 is 0 Å². The van der Waals surface area contributed by atoms with Crippen molar-refractivity contribution in [2.24, 2.45) is 0 Å². The summed E-state index contributed by atoms with van der Waals surface area (Å²) in [5.41, 5.74) is 26.4. The van der Waals surface area contributed by atoms with Crippen LogP contribution in [-0.2, 0) is 0 Å². The van der Waals surface area contributed by atoms with Gasteiger partial charge in [0.2, 0.25) is 0 Å². The average molecular weight is 699 g/mol. The van der Waals surface area contributed by atoms with Gasteiger partial charge in [0, 0.05) is 0 Å². The van der Waals surface area contributed by atoms with Gasteiger partial charge in [-0.2, -0.15) is 0 Å². The minimum absolute atomic E-state index is 1.26. The summed E-state index contributed by atoms with van der Waals surface area (Å²) in [5, 5.41) is 5.11. The fourth-order valence-electron chi connectivity index (χ4n) is 9.71. The number of aryl methyl sites for hydroxylation is 6. The lowest BCUT2D eigenvalue weighted by Gasteiger charge is -2.24. The van der Waals surface area contributed by atoms with Crippen molar-refractivity contribution in [1.29, 1.82) is 0 Å². The maximum atomic E-state index is 2.43. The van der Waals surface area contributed by atoms with Gasteiger partial charge in [-0.15, -0.1) is 0 Å². The molecule has 0 N–H and O–H groups in total. The molecule has 266 valence electrons. The van der Waals surface area contributed by atoms with E-state index in [-0.39, 0.29) is 0 Å². The van der Waals surface area contributed by atoms with Gasteiger partial charge in [0.15, 0.2) is 0 Å². The Morgan fingerprint density at radius 2 is 0.593 bits per heavy atom. The molecule has 0 spiro atoms. The van der Waals surface area contributed by atoms with Gasteiger partial charge in [-0.05, 0) is 203 Å². The maximum absolute atomic E-state index is 2.43. The monoisotopic (exact) mass is 698 g/mol. The van der Waals surface area contributed by atoms with E-state index in [0.29, 0.717) is 0 Å². The van der Waals surface area contributed by atoms with Gasteiger partial charge >= 0.3 is 0 Å². The van der Waals surface area contributed by atoms with Gasteiger partial charge in [0.1, 0.15) is 0 Å². The summed E-state index contributed by atoms with van der Waals surface area (Å²) in [7, 11) is 0. The molecule has 0 saturated carbocycles. The quantitative estimate of drug-likeness (QED) is 0.168. The molecule has 0 amide bonds. The van der Waals surface area contributed by atoms with E-state index >= 15 is 0 Å². The summed E-state index contributed by atoms with van der Waals surface area (Å²) < 4.78 is 0. The summed E-state index contributed by atoms with van der Waals surface area (Å²) in [4.78, 5) is 0. The summed E-state index contributed by atoms with van der Waals surface area (Å²) in [6.07, 6.45) is 0. The van der Waals surface area contributed by atoms with Gasteiger partial charge in [0.05, 0.1) is 0 Å². The topological polar surface area (TPSA) is 0 Å². The van der Waals surface area contributed by atoms with Gasteiger partial charge in [-0.1, -0.05) is 120 Å². The second-order valence-corrected chi connectivity index (χ2v) is 15.8. The molecule has 8 aromatic rings. The third-order valence-corrected chi connectivity index (χ3v) is 12.0. The van der Waals surface area contributed by atoms with Crippen LogP contribution in [0.4, 0.5) is 0 Å². The van der Waals surface area contributed by atoms with Crippen LogP contribution in [0.15, 0.2) is 121 Å². The van der Waals surface area contributed by atoms with Crippen LogP contribution in [0.3, 0.4) is 0 Å². The zero-order valence-electron chi connectivity index (χ0n) is 33.5. The Labute approximate surface area is 322 Å². The Balaban J connectivity index is 1.42. The number of hydrogen-bond acceptors (Lipinski definition) is 0. The Hall–Kier alpha value is -5.72. The van der Waals surface area contributed by atoms with Gasteiger partial charge < -0.3 is 0 Å². The van der Waals surface area contributed by atoms with Crippen molar-refractivity contribution in [3.05, 3.63) is 177 Å². The van der Waals surface area contributed by atoms with Crippen molar-refractivity contribution in [2.75, 3.05) is 0 Å². The third-order valence-electron chi connectivity index (χ3n) is 12.0. The molecule has 0 aliphatic rings. The van der Waals surface area contributed by atoms with E-state index in [1.54, 1.807) is 0 Å². The van der Waals surface area contributed by atoms with Crippen LogP contribution in [0.5, 0.6) is 0 Å². The van der Waals surface area contributed by atoms with Crippen LogP contribution in [0.1, 0.15) is 55.6 Å². The highest BCUT2D eigenvalue weighted by Gasteiger charge is 2.23. The Morgan fingerprint density at radius 3 is 0.963 bits per heavy atom. The lowest BCUT2D eigenvalue weighted by molar-refractivity contribution is 1.30. The summed E-state index contributed by atoms with van der Waals surface area (Å²) >= 11 is 0. The standard InChI is InChI=1S/C54H50/c1-31-25-33(3)51(34(4)26-31)45-23-15-21-43(37(45)7)49-29-41-17-11-13-19-47(41)53(39(49)9)54-40(10)50(30-42-18-12-14-20-48(42)54)44-22-16-24-46(38(44)8)52-35(5)27-32(2)28-36(52)6/h11-30H,1-10H3. The fourth-order valence-corrected chi connectivity index (χ4v) is 9.71. The smallest absolute Gasteiger partial charge is 0.00608 e. The molecule has 0 unspecified atom stereocenters. The minimum Gasteiger partial charge on any atom is -0.0616 e. The molecule has 0 bridgehead atoms. The number of rotatable bonds is 5. The molecule has 0 radical (unpaired) electrons. The maximum Gasteiger partial charge on any atom is -0.00608 e. The fraction of sp³-hybridized carbons (Fsp3) is 0.185. The van der Waals surface area contributed by atoms with Crippen molar-refractivity contribution in [1.82, 2.24) is 0 Å². The summed E-state index contributed by atoms with van der Waals surface area (Å²) in [5.74, 6) is 0. The zero-order valence-corrected chi connectivity index (χ0v) is 33.5. The van der Waals surface area contributed by atoms with E-state index in [2.05, 4.69) is 191 Å². The molecule has 0 aliphatic heterocycles. The number of benzene rings is 8. The highest BCUT2D eigenvalue weighted by Crippen LogP contribution is 2.47. The summed E-state index contributed by atoms with van der Waals surface area (Å²) in [6.45, 7) is 22.7. The molecule has 8 rings (SSSR count). The van der Waals surface area contributed by atoms with Gasteiger partial charge in [0.25, 0.3) is 0 Å². The Bertz CT molecular complexity index is 2560. The lowest BCUT2D eigenvalue weighted by atomic mass is 9.80. The van der Waals surface area contributed by atoms with Crippen molar-refractivity contribution < 1.29 is 0 Å². The normalized spacial score (nSPS) is 11.5. The van der Waals surface area contributed by atoms with Crippen LogP contribution in [0.25, 0.3) is 77.2 Å². The molecule has 8 aromatic carbocycles. The third kappa shape index (κ3) is 5.77. The second-order valence-electron chi connectivity index (χ2n) is 15.8. The average Bonchev–Trinajstić information content (AvgIpc) is 3.12. The Kier molecular flexibility index (Phi) is 8.90. The van der Waals surface area contributed by atoms with Crippen LogP contribution in [0, 0.1) is 69.2 Å². The number of hydrogen-bond donors (Lipinski definition) is 0. The largest absolute Gasteiger partial charge is 0.0616 e. The molecule has 0 aromatic heterocycles. The molecule has 0 heterocycles. The van der Waals surface area contributed by atoms with Crippen LogP contribution in [0.2, 0.25) is 0 Å². The van der Waals surface area contributed by atoms with E-state index in [0.717, 1.165) is 0 Å². The van der Waals surface area contributed by atoms with Crippen LogP contribution < -0.4 is 0 Å². The number of fused-ring (bicyclic) bond motifs is 2. The summed E-state index contributed by atoms with van der Waals surface area (Å²) in [6, 6.07) is 45.8. The lowest BCUT2D eigenvalue weighted by Crippen LogP contribution is -1.99. The van der Waals surface area contributed by atoms with Crippen molar-refractivity contribution in [3.8, 4) is 55.6 Å². The first-order valence-corrected chi connectivity index (χ1v) is 19.4. The highest BCUT2D eigenvalue weighted by molar-refractivity contribution is 6.12. The first-order chi connectivity index (χ1) is 25.9. The molecular formula is C54H50. The molecule has 0 aliphatic carbocycles. The zero-order chi connectivity index (χ0) is 38.0. The van der Waals surface area contributed by atoms with Crippen LogP contribution >= 0.6 is 0 Å². The van der Waals surface area contributed by atoms with E-state index in [4.69, 9.17) is 0 Å². The first kappa shape index (κ1) is 35.3. The van der Waals surface area contributed by atoms with E-state index in [1.165, 1.54) is 133 Å². The van der Waals surface area contributed by atoms with Crippen molar-refractivity contribution in [2.45, 2.75) is 69.2 Å². The first-order valence-electron chi connectivity index (χ1n) is 19.4. The van der Waals surface area contributed by atoms with E-state index in [9.17, 15) is 0 Å². The predicted molar refractivity (Wildman–Crippen MR) is 236 cm³/mol. The highest BCUT2D eigenvalue weighted by atomic mass is 14.3. The molecular weight excluding hydrogens is 649 g/mol. The van der Waals surface area contributed by atoms with Gasteiger partial charge in [-0.3, -0.25) is 0 Å². The SMILES string of the molecule is Cc1cc(C)c(-c2cccc(-c3cc4ccccc4c(-c4c(C)c(-c5cccc(-c6c(C)cc(C)cc6C)c5C)cc5ccccc45)c3C)c2C)c(C)c1. The van der Waals surface area contributed by atoms with Crippen molar-refractivity contribution in [3.63, 3.8) is 0 Å². The molecule has 0 heteroatoms. The minimum atomic E-state index is 1.26. The molecule has 0 nitrogen and oxygen atoms in total. The molecule has 0 fully saturated rings. The molecule has 0 saturated heterocycles. The predicted octanol–water partition coefficient (Wildman–Crippen LogP) is 15.4.